The summed E-state index contributed by atoms with van der Waals surface area (Å²) in [5, 5.41) is 8.11. The molecule has 108 valence electrons. The van der Waals surface area contributed by atoms with Crippen molar-refractivity contribution < 1.29 is 13.0 Å². The lowest BCUT2D eigenvalue weighted by atomic mass is 10.3. The molecule has 1 aliphatic rings. The summed E-state index contributed by atoms with van der Waals surface area (Å²) in [5.74, 6) is 0. The lowest BCUT2D eigenvalue weighted by Gasteiger charge is -2.01. The van der Waals surface area contributed by atoms with Crippen LogP contribution in [0.15, 0.2) is 63.7 Å². The Bertz CT molecular complexity index is 764. The number of benzene rings is 2. The van der Waals surface area contributed by atoms with E-state index in [0.717, 1.165) is 18.8 Å². The topological polar surface area (TPSA) is 82.1 Å². The molecule has 0 amide bonds. The molecule has 0 atom stereocenters. The second-order valence-corrected chi connectivity index (χ2v) is 6.09. The lowest BCUT2D eigenvalue weighted by Crippen LogP contribution is -1.96. The van der Waals surface area contributed by atoms with Crippen LogP contribution in [-0.4, -0.2) is 26.1 Å². The molecule has 2 aromatic carbocycles. The molecule has 0 aromatic heterocycles. The van der Waals surface area contributed by atoms with Gasteiger partial charge < -0.3 is 4.90 Å². The van der Waals surface area contributed by atoms with E-state index in [1.165, 1.54) is 30.0 Å². The van der Waals surface area contributed by atoms with Crippen LogP contribution in [0.2, 0.25) is 0 Å². The molecule has 6 nitrogen and oxygen atoms in total. The van der Waals surface area contributed by atoms with E-state index in [0.29, 0.717) is 5.69 Å². The van der Waals surface area contributed by atoms with Gasteiger partial charge in [0.25, 0.3) is 10.1 Å². The number of hydrogen-bond acceptors (Lipinski definition) is 5. The molecule has 0 unspecified atom stereocenters. The summed E-state index contributed by atoms with van der Waals surface area (Å²) >= 11 is 0. The molecule has 0 saturated carbocycles. The van der Waals surface area contributed by atoms with Crippen molar-refractivity contribution in [1.82, 2.24) is 0 Å². The van der Waals surface area contributed by atoms with Crippen molar-refractivity contribution >= 4 is 27.2 Å². The standard InChI is InChI=1S/C14H13N3O3S/c18-21(19,20)14-7-3-12(4-8-14)16-15-11-1-5-13(6-2-11)17-9-10-17/h1-8H,9-10H2,(H,18,19,20). The van der Waals surface area contributed by atoms with Gasteiger partial charge in [0.05, 0.1) is 16.3 Å². The maximum atomic E-state index is 10.9. The number of nitrogens with zero attached hydrogens (tertiary/aromatic N) is 3. The predicted molar refractivity (Wildman–Crippen MR) is 79.1 cm³/mol. The summed E-state index contributed by atoms with van der Waals surface area (Å²) in [7, 11) is -4.17. The maximum absolute atomic E-state index is 10.9. The van der Waals surface area contributed by atoms with Crippen molar-refractivity contribution in [1.29, 1.82) is 0 Å². The van der Waals surface area contributed by atoms with Gasteiger partial charge in [0.15, 0.2) is 0 Å². The highest BCUT2D eigenvalue weighted by Gasteiger charge is 2.16. The van der Waals surface area contributed by atoms with E-state index in [9.17, 15) is 8.42 Å². The van der Waals surface area contributed by atoms with E-state index in [-0.39, 0.29) is 4.90 Å². The fraction of sp³-hybridized carbons (Fsp3) is 0.143. The third kappa shape index (κ3) is 3.45. The zero-order valence-electron chi connectivity index (χ0n) is 11.0. The van der Waals surface area contributed by atoms with Gasteiger partial charge in [0, 0.05) is 18.8 Å². The minimum Gasteiger partial charge on any atom is -0.368 e. The summed E-state index contributed by atoms with van der Waals surface area (Å²) in [6.07, 6.45) is 0. The largest absolute Gasteiger partial charge is 0.368 e. The van der Waals surface area contributed by atoms with Crippen LogP contribution in [0.25, 0.3) is 0 Å². The monoisotopic (exact) mass is 303 g/mol. The highest BCUT2D eigenvalue weighted by Crippen LogP contribution is 2.25. The van der Waals surface area contributed by atoms with Crippen LogP contribution < -0.4 is 4.90 Å². The van der Waals surface area contributed by atoms with Gasteiger partial charge in [-0.25, -0.2) is 0 Å². The van der Waals surface area contributed by atoms with Gasteiger partial charge in [-0.05, 0) is 48.5 Å². The Kier molecular flexibility index (Phi) is 3.44. The Balaban J connectivity index is 1.73. The van der Waals surface area contributed by atoms with Crippen LogP contribution in [0.4, 0.5) is 17.1 Å². The smallest absolute Gasteiger partial charge is 0.294 e. The van der Waals surface area contributed by atoms with Gasteiger partial charge >= 0.3 is 0 Å². The van der Waals surface area contributed by atoms with Gasteiger partial charge in [0.2, 0.25) is 0 Å². The van der Waals surface area contributed by atoms with Crippen LogP contribution in [0, 0.1) is 0 Å². The molecule has 1 N–H and O–H groups in total. The maximum Gasteiger partial charge on any atom is 0.294 e. The van der Waals surface area contributed by atoms with Crippen molar-refractivity contribution in [3.05, 3.63) is 48.5 Å². The normalized spacial score (nSPS) is 14.6. The molecular weight excluding hydrogens is 290 g/mol. The van der Waals surface area contributed by atoms with Gasteiger partial charge in [-0.2, -0.15) is 18.6 Å². The zero-order chi connectivity index (χ0) is 14.9. The van der Waals surface area contributed by atoms with Crippen molar-refractivity contribution in [3.63, 3.8) is 0 Å². The number of hydrogen-bond donors (Lipinski definition) is 1. The first-order valence-corrected chi connectivity index (χ1v) is 7.81. The summed E-state index contributed by atoms with van der Waals surface area (Å²) in [4.78, 5) is 2.07. The van der Waals surface area contributed by atoms with Crippen molar-refractivity contribution in [3.8, 4) is 0 Å². The van der Waals surface area contributed by atoms with Gasteiger partial charge in [-0.3, -0.25) is 4.55 Å². The second-order valence-electron chi connectivity index (χ2n) is 4.67. The number of anilines is 1. The Morgan fingerprint density at radius 2 is 1.33 bits per heavy atom. The zero-order valence-corrected chi connectivity index (χ0v) is 11.9. The summed E-state index contributed by atoms with van der Waals surface area (Å²) in [6.45, 7) is 2.20. The molecule has 21 heavy (non-hydrogen) atoms. The minimum atomic E-state index is -4.17. The molecule has 3 rings (SSSR count). The predicted octanol–water partition coefficient (Wildman–Crippen LogP) is 3.17. The first-order chi connectivity index (χ1) is 10.0. The van der Waals surface area contributed by atoms with Crippen molar-refractivity contribution in [2.24, 2.45) is 10.2 Å². The number of azo groups is 1. The molecule has 0 bridgehead atoms. The van der Waals surface area contributed by atoms with E-state index in [4.69, 9.17) is 4.55 Å². The molecule has 7 heteroatoms. The highest BCUT2D eigenvalue weighted by molar-refractivity contribution is 7.85. The third-order valence-corrected chi connectivity index (χ3v) is 3.95. The average molecular weight is 303 g/mol. The molecule has 1 heterocycles. The summed E-state index contributed by atoms with van der Waals surface area (Å²) in [6, 6.07) is 13.3. The van der Waals surface area contributed by atoms with E-state index in [2.05, 4.69) is 15.1 Å². The molecule has 0 aliphatic carbocycles. The van der Waals surface area contributed by atoms with Crippen molar-refractivity contribution in [2.75, 3.05) is 18.0 Å². The van der Waals surface area contributed by atoms with E-state index < -0.39 is 10.1 Å². The first kappa shape index (κ1) is 13.7. The van der Waals surface area contributed by atoms with Gasteiger partial charge in [-0.15, -0.1) is 0 Å². The van der Waals surface area contributed by atoms with Crippen LogP contribution in [-0.2, 0) is 10.1 Å². The lowest BCUT2D eigenvalue weighted by molar-refractivity contribution is 0.483. The van der Waals surface area contributed by atoms with Gasteiger partial charge in [-0.1, -0.05) is 0 Å². The van der Waals surface area contributed by atoms with Crippen LogP contribution in [0.1, 0.15) is 0 Å². The molecule has 1 fully saturated rings. The Morgan fingerprint density at radius 1 is 0.857 bits per heavy atom. The first-order valence-electron chi connectivity index (χ1n) is 6.37. The van der Waals surface area contributed by atoms with E-state index in [1.54, 1.807) is 0 Å². The van der Waals surface area contributed by atoms with Crippen LogP contribution >= 0.6 is 0 Å². The highest BCUT2D eigenvalue weighted by atomic mass is 32.2. The molecule has 1 saturated heterocycles. The molecular formula is C14H13N3O3S. The average Bonchev–Trinajstić information content (AvgIpc) is 3.30. The second kappa shape index (κ2) is 5.27. The minimum absolute atomic E-state index is 0.163. The molecule has 1 aliphatic heterocycles. The molecule has 2 aromatic rings. The summed E-state index contributed by atoms with van der Waals surface area (Å²) < 4.78 is 30.7. The summed E-state index contributed by atoms with van der Waals surface area (Å²) in [5.41, 5.74) is 2.41. The fourth-order valence-electron chi connectivity index (χ4n) is 1.84. The Labute approximate surface area is 122 Å². The number of rotatable bonds is 4. The fourth-order valence-corrected chi connectivity index (χ4v) is 2.32. The molecule has 0 spiro atoms. The van der Waals surface area contributed by atoms with Crippen molar-refractivity contribution in [2.45, 2.75) is 4.90 Å². The molecule has 0 radical (unpaired) electrons. The Morgan fingerprint density at radius 3 is 1.76 bits per heavy atom. The van der Waals surface area contributed by atoms with Crippen LogP contribution in [0.5, 0.6) is 0 Å². The van der Waals surface area contributed by atoms with Gasteiger partial charge in [0.1, 0.15) is 0 Å². The SMILES string of the molecule is O=S(=O)(O)c1ccc(N=Nc2ccc(N3CC3)cc2)cc1. The van der Waals surface area contributed by atoms with Crippen LogP contribution in [0.3, 0.4) is 0 Å². The van der Waals surface area contributed by atoms with E-state index in [1.807, 2.05) is 24.3 Å². The Hall–Kier alpha value is -2.25. The quantitative estimate of drug-likeness (QED) is 0.534. The van der Waals surface area contributed by atoms with E-state index >= 15 is 0 Å². The third-order valence-electron chi connectivity index (χ3n) is 3.08.